The lowest BCUT2D eigenvalue weighted by molar-refractivity contribution is -0.121. The first-order valence-electron chi connectivity index (χ1n) is 9.31. The molecule has 0 aliphatic carbocycles. The van der Waals surface area contributed by atoms with E-state index in [1.54, 1.807) is 35.3 Å². The van der Waals surface area contributed by atoms with E-state index in [1.807, 2.05) is 24.3 Å². The Bertz CT molecular complexity index is 925. The Balaban J connectivity index is 1.32. The van der Waals surface area contributed by atoms with Crippen LogP contribution in [0.15, 0.2) is 61.2 Å². The molecule has 0 aliphatic rings. The average Bonchev–Trinajstić information content (AvgIpc) is 3.24. The molecule has 7 nitrogen and oxygen atoms in total. The highest BCUT2D eigenvalue weighted by atomic mass is 35.5. The predicted octanol–water partition coefficient (Wildman–Crippen LogP) is 2.81. The Morgan fingerprint density at radius 2 is 1.69 bits per heavy atom. The Morgan fingerprint density at radius 3 is 2.38 bits per heavy atom. The lowest BCUT2D eigenvalue weighted by Crippen LogP contribution is -2.27. The van der Waals surface area contributed by atoms with Gasteiger partial charge in [-0.2, -0.15) is 5.10 Å². The van der Waals surface area contributed by atoms with Gasteiger partial charge in [0.1, 0.15) is 12.7 Å². The molecule has 0 atom stereocenters. The van der Waals surface area contributed by atoms with Gasteiger partial charge in [0, 0.05) is 30.1 Å². The van der Waals surface area contributed by atoms with Crippen LogP contribution in [0.4, 0.5) is 0 Å². The molecule has 0 unspecified atom stereocenters. The number of nitrogens with zero attached hydrogens (tertiary/aromatic N) is 3. The number of hydrogen-bond acceptors (Lipinski definition) is 4. The lowest BCUT2D eigenvalue weighted by atomic mass is 10.1. The third-order valence-electron chi connectivity index (χ3n) is 4.30. The van der Waals surface area contributed by atoms with Crippen molar-refractivity contribution in [3.05, 3.63) is 82.9 Å². The van der Waals surface area contributed by atoms with Gasteiger partial charge >= 0.3 is 0 Å². The quantitative estimate of drug-likeness (QED) is 0.530. The molecule has 0 aliphatic heterocycles. The highest BCUT2D eigenvalue weighted by Gasteiger charge is 2.06. The van der Waals surface area contributed by atoms with Crippen molar-refractivity contribution in [2.24, 2.45) is 0 Å². The first-order chi connectivity index (χ1) is 14.1. The monoisotopic (exact) mass is 411 g/mol. The van der Waals surface area contributed by atoms with E-state index in [1.165, 1.54) is 6.33 Å². The minimum absolute atomic E-state index is 0.0440. The zero-order chi connectivity index (χ0) is 20.5. The minimum Gasteiger partial charge on any atom is -0.352 e. The smallest absolute Gasteiger partial charge is 0.251 e. The summed E-state index contributed by atoms with van der Waals surface area (Å²) in [7, 11) is 0. The lowest BCUT2D eigenvalue weighted by Gasteiger charge is -2.08. The third kappa shape index (κ3) is 6.73. The first-order valence-corrected chi connectivity index (χ1v) is 9.68. The van der Waals surface area contributed by atoms with Crippen molar-refractivity contribution in [1.82, 2.24) is 25.4 Å². The Hall–Kier alpha value is -3.19. The van der Waals surface area contributed by atoms with E-state index < -0.39 is 0 Å². The number of benzene rings is 2. The summed E-state index contributed by atoms with van der Waals surface area (Å²) >= 11 is 5.81. The summed E-state index contributed by atoms with van der Waals surface area (Å²) in [5, 5.41) is 10.4. The van der Waals surface area contributed by atoms with Crippen molar-refractivity contribution >= 4 is 23.4 Å². The number of halogens is 1. The summed E-state index contributed by atoms with van der Waals surface area (Å²) in [6.07, 6.45) is 4.10. The molecule has 2 amide bonds. The van der Waals surface area contributed by atoms with Crippen LogP contribution in [-0.2, 0) is 17.9 Å². The third-order valence-corrected chi connectivity index (χ3v) is 4.55. The van der Waals surface area contributed by atoms with Crippen LogP contribution in [0.25, 0.3) is 0 Å². The number of carbonyl (C=O) groups excluding carboxylic acids is 2. The Morgan fingerprint density at radius 1 is 0.966 bits per heavy atom. The summed E-state index contributed by atoms with van der Waals surface area (Å²) in [6, 6.07) is 14.7. The maximum atomic E-state index is 12.0. The summed E-state index contributed by atoms with van der Waals surface area (Å²) in [5.74, 6) is -0.217. The number of hydrogen-bond donors (Lipinski definition) is 2. The topological polar surface area (TPSA) is 88.9 Å². The molecule has 1 heterocycles. The summed E-state index contributed by atoms with van der Waals surface area (Å²) in [6.45, 7) is 1.57. The molecule has 2 aromatic carbocycles. The van der Waals surface area contributed by atoms with E-state index in [-0.39, 0.29) is 11.8 Å². The number of carbonyl (C=O) groups is 2. The van der Waals surface area contributed by atoms with Crippen LogP contribution in [0.2, 0.25) is 5.02 Å². The number of nitrogens with one attached hydrogen (secondary N) is 2. The van der Waals surface area contributed by atoms with Gasteiger partial charge in [-0.05, 0) is 41.8 Å². The molecule has 1 aromatic heterocycles. The minimum atomic E-state index is -0.173. The summed E-state index contributed by atoms with van der Waals surface area (Å²) in [5.41, 5.74) is 2.69. The molecule has 150 valence electrons. The zero-order valence-corrected chi connectivity index (χ0v) is 16.6. The molecule has 0 bridgehead atoms. The molecule has 8 heteroatoms. The largest absolute Gasteiger partial charge is 0.352 e. The predicted molar refractivity (Wildman–Crippen MR) is 110 cm³/mol. The standard InChI is InChI=1S/C21H22ClN5O2/c22-19-9-7-18(8-10-19)21(29)24-11-1-2-20(28)25-12-16-3-5-17(6-4-16)13-27-15-23-14-26-27/h3-10,14-15H,1-2,11-13H2,(H,24,29)(H,25,28). The Labute approximate surface area is 174 Å². The maximum Gasteiger partial charge on any atom is 0.251 e. The van der Waals surface area contributed by atoms with Gasteiger partial charge in [0.2, 0.25) is 5.91 Å². The van der Waals surface area contributed by atoms with E-state index in [2.05, 4.69) is 20.7 Å². The van der Waals surface area contributed by atoms with Crippen LogP contribution < -0.4 is 10.6 Å². The van der Waals surface area contributed by atoms with E-state index in [4.69, 9.17) is 11.6 Å². The van der Waals surface area contributed by atoms with E-state index >= 15 is 0 Å². The van der Waals surface area contributed by atoms with E-state index in [9.17, 15) is 9.59 Å². The van der Waals surface area contributed by atoms with Crippen LogP contribution in [0.5, 0.6) is 0 Å². The maximum absolute atomic E-state index is 12.0. The van der Waals surface area contributed by atoms with Gasteiger partial charge in [0.05, 0.1) is 6.54 Å². The fourth-order valence-electron chi connectivity index (χ4n) is 2.71. The second kappa shape index (κ2) is 10.4. The van der Waals surface area contributed by atoms with E-state index in [0.717, 1.165) is 11.1 Å². The summed E-state index contributed by atoms with van der Waals surface area (Å²) < 4.78 is 1.75. The molecule has 0 saturated heterocycles. The first kappa shape index (κ1) is 20.5. The molecule has 3 aromatic rings. The van der Waals surface area contributed by atoms with Crippen LogP contribution >= 0.6 is 11.6 Å². The molecule has 2 N–H and O–H groups in total. The molecule has 29 heavy (non-hydrogen) atoms. The molecule has 0 spiro atoms. The van der Waals surface area contributed by atoms with Gasteiger partial charge < -0.3 is 10.6 Å². The van der Waals surface area contributed by atoms with Gasteiger partial charge in [-0.25, -0.2) is 9.67 Å². The van der Waals surface area contributed by atoms with Crippen LogP contribution in [0.3, 0.4) is 0 Å². The number of amides is 2. The summed E-state index contributed by atoms with van der Waals surface area (Å²) in [4.78, 5) is 27.9. The van der Waals surface area contributed by atoms with Gasteiger partial charge in [-0.3, -0.25) is 9.59 Å². The molecule has 3 rings (SSSR count). The molecule has 0 fully saturated rings. The highest BCUT2D eigenvalue weighted by molar-refractivity contribution is 6.30. The van der Waals surface area contributed by atoms with Crippen molar-refractivity contribution in [3.8, 4) is 0 Å². The number of aromatic nitrogens is 3. The molecular weight excluding hydrogens is 390 g/mol. The van der Waals surface area contributed by atoms with Crippen LogP contribution in [0.1, 0.15) is 34.3 Å². The van der Waals surface area contributed by atoms with Gasteiger partial charge in [-0.1, -0.05) is 35.9 Å². The highest BCUT2D eigenvalue weighted by Crippen LogP contribution is 2.09. The second-order valence-electron chi connectivity index (χ2n) is 6.55. The van der Waals surface area contributed by atoms with Crippen LogP contribution in [0, 0.1) is 0 Å². The number of rotatable bonds is 9. The van der Waals surface area contributed by atoms with Gasteiger partial charge in [-0.15, -0.1) is 0 Å². The average molecular weight is 412 g/mol. The van der Waals surface area contributed by atoms with Crippen molar-refractivity contribution < 1.29 is 9.59 Å². The fourth-order valence-corrected chi connectivity index (χ4v) is 2.83. The second-order valence-corrected chi connectivity index (χ2v) is 6.99. The zero-order valence-electron chi connectivity index (χ0n) is 15.8. The van der Waals surface area contributed by atoms with Crippen molar-refractivity contribution in [1.29, 1.82) is 0 Å². The molecule has 0 saturated carbocycles. The van der Waals surface area contributed by atoms with Crippen molar-refractivity contribution in [3.63, 3.8) is 0 Å². The van der Waals surface area contributed by atoms with Crippen molar-refractivity contribution in [2.45, 2.75) is 25.9 Å². The van der Waals surface area contributed by atoms with Gasteiger partial charge in [0.15, 0.2) is 0 Å². The fraction of sp³-hybridized carbons (Fsp3) is 0.238. The normalized spacial score (nSPS) is 10.5. The van der Waals surface area contributed by atoms with E-state index in [0.29, 0.717) is 43.1 Å². The molecular formula is C21H22ClN5O2. The Kier molecular flexibility index (Phi) is 7.35. The SMILES string of the molecule is O=C(CCCNC(=O)c1ccc(Cl)cc1)NCc1ccc(Cn2cncn2)cc1. The van der Waals surface area contributed by atoms with Crippen LogP contribution in [-0.4, -0.2) is 33.1 Å². The van der Waals surface area contributed by atoms with Crippen molar-refractivity contribution in [2.75, 3.05) is 6.54 Å². The molecule has 0 radical (unpaired) electrons. The van der Waals surface area contributed by atoms with Gasteiger partial charge in [0.25, 0.3) is 5.91 Å².